The van der Waals surface area contributed by atoms with Crippen molar-refractivity contribution >= 4 is 33.5 Å². The smallest absolute Gasteiger partial charge is 0.322 e. The first-order valence-corrected chi connectivity index (χ1v) is 11.0. The number of nitrogens with one attached hydrogen (secondary N) is 1. The van der Waals surface area contributed by atoms with Gasteiger partial charge in [0.2, 0.25) is 15.9 Å². The number of halogens is 1. The zero-order valence-electron chi connectivity index (χ0n) is 16.2. The number of benzene rings is 1. The molecule has 1 amide bonds. The average molecular weight is 451 g/mol. The Bertz CT molecular complexity index is 1170. The molecule has 1 aliphatic heterocycles. The lowest BCUT2D eigenvalue weighted by molar-refractivity contribution is -0.119. The highest BCUT2D eigenvalue weighted by molar-refractivity contribution is 7.89. The summed E-state index contributed by atoms with van der Waals surface area (Å²) in [6, 6.07) is 6.62. The van der Waals surface area contributed by atoms with Crippen molar-refractivity contribution in [2.75, 3.05) is 11.9 Å². The molecule has 12 heteroatoms. The van der Waals surface area contributed by atoms with Gasteiger partial charge in [-0.3, -0.25) is 14.8 Å². The van der Waals surface area contributed by atoms with Crippen molar-refractivity contribution in [3.63, 3.8) is 0 Å². The van der Waals surface area contributed by atoms with Crippen LogP contribution in [0.1, 0.15) is 18.5 Å². The van der Waals surface area contributed by atoms with Crippen LogP contribution in [0, 0.1) is 6.92 Å². The van der Waals surface area contributed by atoms with Crippen LogP contribution in [0.15, 0.2) is 39.6 Å². The Kier molecular flexibility index (Phi) is 5.35. The van der Waals surface area contributed by atoms with Gasteiger partial charge in [0, 0.05) is 24.3 Å². The molecule has 1 aromatic carbocycles. The third-order valence-electron chi connectivity index (χ3n) is 4.91. The molecule has 1 atom stereocenters. The van der Waals surface area contributed by atoms with Gasteiger partial charge in [-0.05, 0) is 50.1 Å². The van der Waals surface area contributed by atoms with E-state index in [1.807, 2.05) is 6.92 Å². The van der Waals surface area contributed by atoms with Crippen molar-refractivity contribution < 1.29 is 17.6 Å². The number of amides is 1. The van der Waals surface area contributed by atoms with E-state index < -0.39 is 22.0 Å². The second-order valence-electron chi connectivity index (χ2n) is 6.92. The number of carbonyl (C=O) groups excluding carboxylic acids is 1. The molecule has 0 bridgehead atoms. The minimum absolute atomic E-state index is 0.0807. The van der Waals surface area contributed by atoms with Gasteiger partial charge in [0.25, 0.3) is 5.89 Å². The molecule has 3 heterocycles. The second kappa shape index (κ2) is 7.82. The highest BCUT2D eigenvalue weighted by Crippen LogP contribution is 2.28. The summed E-state index contributed by atoms with van der Waals surface area (Å²) in [5.41, 5.74) is 1.39. The van der Waals surface area contributed by atoms with E-state index in [9.17, 15) is 13.2 Å². The molecule has 3 aromatic rings. The third kappa shape index (κ3) is 3.83. The third-order valence-corrected chi connectivity index (χ3v) is 7.09. The minimum atomic E-state index is -3.85. The number of carbonyl (C=O) groups is 1. The van der Waals surface area contributed by atoms with Crippen molar-refractivity contribution in [2.24, 2.45) is 7.05 Å². The molecule has 4 rings (SSSR count). The standard InChI is InChI=1S/C18H19ClN6O4S/c1-11-10-14(23-24(11)2)17-21-22-18(29-17)20-16(26)15-4-3-9-25(15)30(27,28)13-7-5-12(19)6-8-13/h5-8,10,15H,3-4,9H2,1-2H3,(H,20,22,26). The summed E-state index contributed by atoms with van der Waals surface area (Å²) >= 11 is 5.85. The molecule has 1 fully saturated rings. The average Bonchev–Trinajstić information content (AvgIpc) is 3.43. The SMILES string of the molecule is Cc1cc(-c2nnc(NC(=O)C3CCCN3S(=O)(=O)c3ccc(Cl)cc3)o2)nn1C. The number of hydrogen-bond donors (Lipinski definition) is 1. The number of anilines is 1. The molecule has 0 saturated carbocycles. The van der Waals surface area contributed by atoms with Crippen molar-refractivity contribution in [3.8, 4) is 11.6 Å². The number of nitrogens with zero attached hydrogens (tertiary/aromatic N) is 5. The Balaban J connectivity index is 1.51. The van der Waals surface area contributed by atoms with Gasteiger partial charge in [-0.15, -0.1) is 5.10 Å². The van der Waals surface area contributed by atoms with E-state index in [1.165, 1.54) is 28.6 Å². The maximum atomic E-state index is 13.0. The van der Waals surface area contributed by atoms with E-state index in [-0.39, 0.29) is 23.3 Å². The predicted molar refractivity (Wildman–Crippen MR) is 108 cm³/mol. The van der Waals surface area contributed by atoms with E-state index in [0.29, 0.717) is 23.6 Å². The van der Waals surface area contributed by atoms with Crippen LogP contribution in [0.5, 0.6) is 0 Å². The molecule has 1 saturated heterocycles. The van der Waals surface area contributed by atoms with Crippen LogP contribution in [-0.2, 0) is 21.9 Å². The van der Waals surface area contributed by atoms with Gasteiger partial charge in [0.15, 0.2) is 0 Å². The first-order valence-electron chi connectivity index (χ1n) is 9.18. The highest BCUT2D eigenvalue weighted by atomic mass is 35.5. The maximum absolute atomic E-state index is 13.0. The van der Waals surface area contributed by atoms with Crippen LogP contribution in [0.25, 0.3) is 11.6 Å². The quantitative estimate of drug-likeness (QED) is 0.632. The predicted octanol–water partition coefficient (Wildman–Crippen LogP) is 2.22. The van der Waals surface area contributed by atoms with Crippen LogP contribution in [0.2, 0.25) is 5.02 Å². The molecular weight excluding hydrogens is 432 g/mol. The fourth-order valence-electron chi connectivity index (χ4n) is 3.26. The summed E-state index contributed by atoms with van der Waals surface area (Å²) in [4.78, 5) is 12.9. The van der Waals surface area contributed by atoms with Gasteiger partial charge >= 0.3 is 6.01 Å². The van der Waals surface area contributed by atoms with Gasteiger partial charge in [0.1, 0.15) is 11.7 Å². The minimum Gasteiger partial charge on any atom is -0.401 e. The van der Waals surface area contributed by atoms with Crippen LogP contribution in [-0.4, -0.2) is 51.2 Å². The monoisotopic (exact) mass is 450 g/mol. The zero-order chi connectivity index (χ0) is 21.5. The number of rotatable bonds is 5. The number of aromatic nitrogens is 4. The Morgan fingerprint density at radius 3 is 2.67 bits per heavy atom. The van der Waals surface area contributed by atoms with Crippen molar-refractivity contribution in [1.82, 2.24) is 24.3 Å². The van der Waals surface area contributed by atoms with E-state index >= 15 is 0 Å². The van der Waals surface area contributed by atoms with Crippen LogP contribution >= 0.6 is 11.6 Å². The van der Waals surface area contributed by atoms with Crippen LogP contribution in [0.3, 0.4) is 0 Å². The summed E-state index contributed by atoms with van der Waals surface area (Å²) < 4.78 is 34.3. The lowest BCUT2D eigenvalue weighted by atomic mass is 10.2. The molecule has 30 heavy (non-hydrogen) atoms. The molecule has 0 aliphatic carbocycles. The van der Waals surface area contributed by atoms with E-state index in [2.05, 4.69) is 20.6 Å². The topological polar surface area (TPSA) is 123 Å². The first-order chi connectivity index (χ1) is 14.3. The zero-order valence-corrected chi connectivity index (χ0v) is 17.8. The molecule has 0 spiro atoms. The summed E-state index contributed by atoms with van der Waals surface area (Å²) in [7, 11) is -2.06. The molecular formula is C18H19ClN6O4S. The first kappa shape index (κ1) is 20.5. The van der Waals surface area contributed by atoms with E-state index in [1.54, 1.807) is 17.8 Å². The summed E-state index contributed by atoms with van der Waals surface area (Å²) in [5, 5.41) is 14.9. The second-order valence-corrected chi connectivity index (χ2v) is 9.25. The van der Waals surface area contributed by atoms with Gasteiger partial charge < -0.3 is 4.42 Å². The lowest BCUT2D eigenvalue weighted by Crippen LogP contribution is -2.43. The normalized spacial score (nSPS) is 17.4. The summed E-state index contributed by atoms with van der Waals surface area (Å²) in [6.07, 6.45) is 0.951. The summed E-state index contributed by atoms with van der Waals surface area (Å²) in [6.45, 7) is 2.12. The number of hydrogen-bond acceptors (Lipinski definition) is 7. The van der Waals surface area contributed by atoms with Crippen molar-refractivity contribution in [3.05, 3.63) is 41.0 Å². The van der Waals surface area contributed by atoms with Gasteiger partial charge in [-0.1, -0.05) is 16.7 Å². The Hall–Kier alpha value is -2.76. The fourth-order valence-corrected chi connectivity index (χ4v) is 5.05. The highest BCUT2D eigenvalue weighted by Gasteiger charge is 2.40. The van der Waals surface area contributed by atoms with E-state index in [4.69, 9.17) is 16.0 Å². The molecule has 158 valence electrons. The van der Waals surface area contributed by atoms with Crippen molar-refractivity contribution in [2.45, 2.75) is 30.7 Å². The van der Waals surface area contributed by atoms with Gasteiger partial charge in [0.05, 0.1) is 4.90 Å². The Labute approximate surface area is 177 Å². The number of sulfonamides is 1. The molecule has 2 aromatic heterocycles. The summed E-state index contributed by atoms with van der Waals surface area (Å²) in [5.74, 6) is -0.372. The number of aryl methyl sites for hydroxylation is 2. The van der Waals surface area contributed by atoms with Crippen LogP contribution < -0.4 is 5.32 Å². The molecule has 0 radical (unpaired) electrons. The Morgan fingerprint density at radius 2 is 2.00 bits per heavy atom. The molecule has 1 unspecified atom stereocenters. The Morgan fingerprint density at radius 1 is 1.27 bits per heavy atom. The van der Waals surface area contributed by atoms with Gasteiger partial charge in [-0.2, -0.15) is 9.40 Å². The lowest BCUT2D eigenvalue weighted by Gasteiger charge is -2.22. The largest absolute Gasteiger partial charge is 0.401 e. The fraction of sp³-hybridized carbons (Fsp3) is 0.333. The maximum Gasteiger partial charge on any atom is 0.322 e. The van der Waals surface area contributed by atoms with Gasteiger partial charge in [-0.25, -0.2) is 8.42 Å². The van der Waals surface area contributed by atoms with Crippen molar-refractivity contribution in [1.29, 1.82) is 0 Å². The molecule has 1 aliphatic rings. The van der Waals surface area contributed by atoms with E-state index in [0.717, 1.165) is 5.69 Å². The molecule has 1 N–H and O–H groups in total. The molecule has 10 nitrogen and oxygen atoms in total. The van der Waals surface area contributed by atoms with Crippen LogP contribution in [0.4, 0.5) is 6.01 Å².